The second-order valence-electron chi connectivity index (χ2n) is 5.98. The van der Waals surface area contributed by atoms with E-state index in [9.17, 15) is 0 Å². The van der Waals surface area contributed by atoms with Gasteiger partial charge in [-0.05, 0) is 57.6 Å². The molecule has 0 aliphatic carbocycles. The zero-order chi connectivity index (χ0) is 14.7. The number of aryl methyl sites for hydroxylation is 1. The van der Waals surface area contributed by atoms with Gasteiger partial charge in [-0.2, -0.15) is 0 Å². The second kappa shape index (κ2) is 6.66. The second-order valence-corrected chi connectivity index (χ2v) is 6.42. The molecule has 0 amide bonds. The van der Waals surface area contributed by atoms with Crippen LogP contribution in [0, 0.1) is 6.92 Å². The Morgan fingerprint density at radius 1 is 1.50 bits per heavy atom. The molecule has 0 bridgehead atoms. The number of nitrogens with two attached hydrogens (primary N) is 1. The van der Waals surface area contributed by atoms with E-state index in [2.05, 4.69) is 43.0 Å². The first-order valence-electron chi connectivity index (χ1n) is 7.25. The number of likely N-dealkylation sites (tertiary alicyclic amines) is 1. The van der Waals surface area contributed by atoms with E-state index in [1.54, 1.807) is 0 Å². The standard InChI is InChI=1S/C16H25N3S/c1-12-9-13(16(17)20)6-7-14(12)10-18(2)11-15-5-4-8-19(15)3/h6-7,9,15H,4-5,8,10-11H2,1-3H3,(H2,17,20). The third-order valence-electron chi connectivity index (χ3n) is 4.26. The number of hydrogen-bond donors (Lipinski definition) is 1. The van der Waals surface area contributed by atoms with E-state index in [0.717, 1.165) is 18.7 Å². The minimum absolute atomic E-state index is 0.473. The van der Waals surface area contributed by atoms with E-state index in [0.29, 0.717) is 11.0 Å². The number of likely N-dealkylation sites (N-methyl/N-ethyl adjacent to an activating group) is 2. The lowest BCUT2D eigenvalue weighted by Gasteiger charge is -2.26. The molecule has 2 N–H and O–H groups in total. The maximum Gasteiger partial charge on any atom is 0.103 e. The monoisotopic (exact) mass is 291 g/mol. The molecule has 1 heterocycles. The van der Waals surface area contributed by atoms with Gasteiger partial charge in [0.1, 0.15) is 4.99 Å². The first kappa shape index (κ1) is 15.4. The van der Waals surface area contributed by atoms with Crippen LogP contribution in [-0.2, 0) is 6.54 Å². The average Bonchev–Trinajstić information content (AvgIpc) is 2.77. The van der Waals surface area contributed by atoms with Crippen LogP contribution in [0.3, 0.4) is 0 Å². The SMILES string of the molecule is Cc1cc(C(N)=S)ccc1CN(C)CC1CCCN1C. The summed E-state index contributed by atoms with van der Waals surface area (Å²) in [6.07, 6.45) is 2.65. The van der Waals surface area contributed by atoms with E-state index >= 15 is 0 Å². The van der Waals surface area contributed by atoms with Gasteiger partial charge in [0.25, 0.3) is 0 Å². The van der Waals surface area contributed by atoms with E-state index in [-0.39, 0.29) is 0 Å². The first-order valence-corrected chi connectivity index (χ1v) is 7.66. The maximum atomic E-state index is 5.67. The number of benzene rings is 1. The summed E-state index contributed by atoms with van der Waals surface area (Å²) < 4.78 is 0. The van der Waals surface area contributed by atoms with Crippen LogP contribution in [0.5, 0.6) is 0 Å². The van der Waals surface area contributed by atoms with Gasteiger partial charge in [0.15, 0.2) is 0 Å². The molecule has 1 aromatic carbocycles. The van der Waals surface area contributed by atoms with Gasteiger partial charge in [-0.25, -0.2) is 0 Å². The molecule has 3 nitrogen and oxygen atoms in total. The van der Waals surface area contributed by atoms with Crippen LogP contribution in [0.1, 0.15) is 29.5 Å². The van der Waals surface area contributed by atoms with Crippen molar-refractivity contribution >= 4 is 17.2 Å². The predicted octanol–water partition coefficient (Wildman–Crippen LogP) is 2.16. The molecule has 1 aliphatic heterocycles. The number of hydrogen-bond acceptors (Lipinski definition) is 3. The van der Waals surface area contributed by atoms with Crippen molar-refractivity contribution in [1.82, 2.24) is 9.80 Å². The van der Waals surface area contributed by atoms with Crippen LogP contribution in [0.15, 0.2) is 18.2 Å². The van der Waals surface area contributed by atoms with Crippen LogP contribution in [0.2, 0.25) is 0 Å². The maximum absolute atomic E-state index is 5.67. The fraction of sp³-hybridized carbons (Fsp3) is 0.562. The van der Waals surface area contributed by atoms with E-state index < -0.39 is 0 Å². The smallest absolute Gasteiger partial charge is 0.103 e. The van der Waals surface area contributed by atoms with Crippen molar-refractivity contribution in [2.75, 3.05) is 27.2 Å². The number of nitrogens with zero attached hydrogens (tertiary/aromatic N) is 2. The Bertz CT molecular complexity index is 487. The Morgan fingerprint density at radius 2 is 2.25 bits per heavy atom. The minimum atomic E-state index is 0.473. The van der Waals surface area contributed by atoms with Crippen molar-refractivity contribution < 1.29 is 0 Å². The molecular formula is C16H25N3S. The molecule has 1 fully saturated rings. The Kier molecular flexibility index (Phi) is 5.13. The normalized spacial score (nSPS) is 19.7. The predicted molar refractivity (Wildman–Crippen MR) is 89.1 cm³/mol. The highest BCUT2D eigenvalue weighted by molar-refractivity contribution is 7.80. The van der Waals surface area contributed by atoms with Gasteiger partial charge in [-0.3, -0.25) is 0 Å². The van der Waals surface area contributed by atoms with Gasteiger partial charge in [-0.15, -0.1) is 0 Å². The molecular weight excluding hydrogens is 266 g/mol. The molecule has 2 rings (SSSR count). The lowest BCUT2D eigenvalue weighted by Crippen LogP contribution is -2.36. The van der Waals surface area contributed by atoms with Crippen molar-refractivity contribution in [2.24, 2.45) is 5.73 Å². The molecule has 1 aromatic rings. The molecule has 0 radical (unpaired) electrons. The molecule has 0 spiro atoms. The molecule has 1 aliphatic rings. The highest BCUT2D eigenvalue weighted by Gasteiger charge is 2.22. The average molecular weight is 291 g/mol. The third-order valence-corrected chi connectivity index (χ3v) is 4.50. The van der Waals surface area contributed by atoms with E-state index in [1.165, 1.54) is 30.5 Å². The van der Waals surface area contributed by atoms with E-state index in [1.807, 2.05) is 6.07 Å². The van der Waals surface area contributed by atoms with Crippen LogP contribution in [0.25, 0.3) is 0 Å². The van der Waals surface area contributed by atoms with Crippen LogP contribution in [-0.4, -0.2) is 48.0 Å². The summed E-state index contributed by atoms with van der Waals surface area (Å²) in [5.74, 6) is 0. The van der Waals surface area contributed by atoms with Gasteiger partial charge in [0, 0.05) is 24.7 Å². The fourth-order valence-electron chi connectivity index (χ4n) is 2.95. The molecule has 20 heavy (non-hydrogen) atoms. The molecule has 0 saturated carbocycles. The van der Waals surface area contributed by atoms with Crippen molar-refractivity contribution in [3.8, 4) is 0 Å². The van der Waals surface area contributed by atoms with Crippen LogP contribution in [0.4, 0.5) is 0 Å². The summed E-state index contributed by atoms with van der Waals surface area (Å²) >= 11 is 5.02. The third kappa shape index (κ3) is 3.78. The Hall–Kier alpha value is -0.970. The molecule has 1 atom stereocenters. The van der Waals surface area contributed by atoms with Crippen molar-refractivity contribution in [3.05, 3.63) is 34.9 Å². The van der Waals surface area contributed by atoms with E-state index in [4.69, 9.17) is 18.0 Å². The number of thiocarbonyl (C=S) groups is 1. The summed E-state index contributed by atoms with van der Waals surface area (Å²) in [4.78, 5) is 5.36. The quantitative estimate of drug-likeness (QED) is 0.843. The van der Waals surface area contributed by atoms with Crippen LogP contribution < -0.4 is 5.73 Å². The van der Waals surface area contributed by atoms with Crippen LogP contribution >= 0.6 is 12.2 Å². The highest BCUT2D eigenvalue weighted by atomic mass is 32.1. The number of rotatable bonds is 5. The molecule has 1 saturated heterocycles. The van der Waals surface area contributed by atoms with Gasteiger partial charge in [0.05, 0.1) is 0 Å². The molecule has 110 valence electrons. The molecule has 1 unspecified atom stereocenters. The van der Waals surface area contributed by atoms with Crippen molar-refractivity contribution in [1.29, 1.82) is 0 Å². The summed E-state index contributed by atoms with van der Waals surface area (Å²) in [5.41, 5.74) is 9.25. The minimum Gasteiger partial charge on any atom is -0.389 e. The molecule has 4 heteroatoms. The van der Waals surface area contributed by atoms with Crippen molar-refractivity contribution in [2.45, 2.75) is 32.4 Å². The Balaban J connectivity index is 1.97. The zero-order valence-electron chi connectivity index (χ0n) is 12.7. The van der Waals surface area contributed by atoms with Gasteiger partial charge >= 0.3 is 0 Å². The fourth-order valence-corrected chi connectivity index (χ4v) is 3.08. The highest BCUT2D eigenvalue weighted by Crippen LogP contribution is 2.18. The summed E-state index contributed by atoms with van der Waals surface area (Å²) in [5, 5.41) is 0. The first-order chi connectivity index (χ1) is 9.47. The molecule has 0 aromatic heterocycles. The van der Waals surface area contributed by atoms with Gasteiger partial charge in [-0.1, -0.05) is 24.4 Å². The van der Waals surface area contributed by atoms with Crippen molar-refractivity contribution in [3.63, 3.8) is 0 Å². The summed E-state index contributed by atoms with van der Waals surface area (Å²) in [7, 11) is 4.43. The lowest BCUT2D eigenvalue weighted by molar-refractivity contribution is 0.215. The Labute approximate surface area is 127 Å². The summed E-state index contributed by atoms with van der Waals surface area (Å²) in [6.45, 7) is 5.48. The van der Waals surface area contributed by atoms with Gasteiger partial charge in [0.2, 0.25) is 0 Å². The zero-order valence-corrected chi connectivity index (χ0v) is 13.5. The topological polar surface area (TPSA) is 32.5 Å². The summed E-state index contributed by atoms with van der Waals surface area (Å²) in [6, 6.07) is 6.97. The Morgan fingerprint density at radius 3 is 2.80 bits per heavy atom. The largest absolute Gasteiger partial charge is 0.389 e. The van der Waals surface area contributed by atoms with Gasteiger partial charge < -0.3 is 15.5 Å². The lowest BCUT2D eigenvalue weighted by atomic mass is 10.0.